The van der Waals surface area contributed by atoms with Gasteiger partial charge >= 0.3 is 18.2 Å². The third-order valence-corrected chi connectivity index (χ3v) is 7.50. The summed E-state index contributed by atoms with van der Waals surface area (Å²) in [6.45, 7) is 22.5. The van der Waals surface area contributed by atoms with Gasteiger partial charge in [-0.2, -0.15) is 0 Å². The molecule has 1 aliphatic rings. The summed E-state index contributed by atoms with van der Waals surface area (Å²) >= 11 is 0. The number of amides is 2. The van der Waals surface area contributed by atoms with E-state index < -0.39 is 46.8 Å². The Morgan fingerprint density at radius 3 is 2.04 bits per heavy atom. The van der Waals surface area contributed by atoms with Crippen LogP contribution in [0.15, 0.2) is 36.4 Å². The van der Waals surface area contributed by atoms with Gasteiger partial charge in [-0.1, -0.05) is 51.1 Å². The standard InChI is InChI=1S/C39H58FN3O7/c1-36(2,3)19-20-42(34(45)49-38(7,8)9)25-27-22-28-29(43(27)35(46)50-39(10,11)12)23-30(47-21-18-26-16-14-13-15-17-26)33(32(28)40)41-24-31(44)48-37(4,5)6/h13-17,23,27,41H,18-22,24-25H2,1-12H3/t27-/m1/s1. The van der Waals surface area contributed by atoms with E-state index in [4.69, 9.17) is 18.9 Å². The highest BCUT2D eigenvalue weighted by atomic mass is 19.1. The van der Waals surface area contributed by atoms with Crippen molar-refractivity contribution in [2.75, 3.05) is 36.5 Å². The number of carbonyl (C=O) groups excluding carboxylic acids is 3. The highest BCUT2D eigenvalue weighted by Gasteiger charge is 2.42. The van der Waals surface area contributed by atoms with Crippen LogP contribution in [0.5, 0.6) is 5.75 Å². The Morgan fingerprint density at radius 1 is 0.880 bits per heavy atom. The van der Waals surface area contributed by atoms with E-state index in [1.165, 1.54) is 4.90 Å². The summed E-state index contributed by atoms with van der Waals surface area (Å²) in [5.41, 5.74) is -0.858. The molecule has 278 valence electrons. The average molecular weight is 700 g/mol. The second-order valence-electron chi connectivity index (χ2n) is 17.0. The van der Waals surface area contributed by atoms with Crippen LogP contribution >= 0.6 is 0 Å². The summed E-state index contributed by atoms with van der Waals surface area (Å²) in [4.78, 5) is 43.1. The maximum Gasteiger partial charge on any atom is 0.415 e. The number of carbonyl (C=O) groups is 3. The highest BCUT2D eigenvalue weighted by molar-refractivity contribution is 5.93. The Labute approximate surface area is 298 Å². The lowest BCUT2D eigenvalue weighted by molar-refractivity contribution is -0.152. The first-order valence-corrected chi connectivity index (χ1v) is 17.4. The first-order valence-electron chi connectivity index (χ1n) is 17.4. The number of fused-ring (bicyclic) bond motifs is 1. The van der Waals surface area contributed by atoms with Crippen molar-refractivity contribution in [2.24, 2.45) is 5.41 Å². The molecule has 0 unspecified atom stereocenters. The Kier molecular flexibility index (Phi) is 12.8. The van der Waals surface area contributed by atoms with Crippen LogP contribution in [0, 0.1) is 11.2 Å². The summed E-state index contributed by atoms with van der Waals surface area (Å²) < 4.78 is 40.0. The molecule has 0 spiro atoms. The maximum atomic E-state index is 16.8. The molecule has 1 aliphatic heterocycles. The molecule has 0 aliphatic carbocycles. The van der Waals surface area contributed by atoms with Gasteiger partial charge in [-0.15, -0.1) is 0 Å². The molecule has 2 aromatic rings. The van der Waals surface area contributed by atoms with Gasteiger partial charge in [-0.05, 0) is 79.7 Å². The van der Waals surface area contributed by atoms with Crippen molar-refractivity contribution in [1.82, 2.24) is 4.90 Å². The zero-order valence-corrected chi connectivity index (χ0v) is 32.1. The molecule has 2 amide bonds. The van der Waals surface area contributed by atoms with Gasteiger partial charge in [0.25, 0.3) is 0 Å². The van der Waals surface area contributed by atoms with Crippen molar-refractivity contribution in [2.45, 2.75) is 125 Å². The number of halogens is 1. The van der Waals surface area contributed by atoms with Crippen LogP contribution in [0.2, 0.25) is 0 Å². The van der Waals surface area contributed by atoms with Gasteiger partial charge in [0.05, 0.1) is 18.3 Å². The van der Waals surface area contributed by atoms with Crippen molar-refractivity contribution in [3.63, 3.8) is 0 Å². The summed E-state index contributed by atoms with van der Waals surface area (Å²) in [6, 6.07) is 10.7. The Bertz CT molecular complexity index is 1480. The summed E-state index contributed by atoms with van der Waals surface area (Å²) in [7, 11) is 0. The summed E-state index contributed by atoms with van der Waals surface area (Å²) in [6.07, 6.45) is 0.102. The van der Waals surface area contributed by atoms with E-state index in [2.05, 4.69) is 26.1 Å². The molecular weight excluding hydrogens is 641 g/mol. The van der Waals surface area contributed by atoms with Gasteiger partial charge in [0.1, 0.15) is 34.8 Å². The molecule has 3 rings (SSSR count). The molecule has 11 heteroatoms. The predicted molar refractivity (Wildman–Crippen MR) is 194 cm³/mol. The summed E-state index contributed by atoms with van der Waals surface area (Å²) in [5, 5.41) is 2.91. The van der Waals surface area contributed by atoms with Gasteiger partial charge in [0.2, 0.25) is 0 Å². The summed E-state index contributed by atoms with van der Waals surface area (Å²) in [5.74, 6) is -1.09. The topological polar surface area (TPSA) is 107 Å². The molecule has 10 nitrogen and oxygen atoms in total. The molecule has 1 N–H and O–H groups in total. The molecule has 1 atom stereocenters. The van der Waals surface area contributed by atoms with Crippen LogP contribution in [0.25, 0.3) is 0 Å². The molecule has 1 heterocycles. The number of nitrogens with zero attached hydrogens (tertiary/aromatic N) is 2. The fraction of sp³-hybridized carbons (Fsp3) is 0.615. The molecule has 0 aromatic heterocycles. The number of esters is 1. The SMILES string of the molecule is CC(C)(C)CCN(C[C@H]1Cc2c(cc(OCCc3ccccc3)c(NCC(=O)OC(C)(C)C)c2F)N1C(=O)OC(C)(C)C)C(=O)OC(C)(C)C. The number of anilines is 2. The van der Waals surface area contributed by atoms with Crippen LogP contribution in [0.3, 0.4) is 0 Å². The minimum absolute atomic E-state index is 0.0100. The Balaban J connectivity index is 2.07. The molecule has 0 bridgehead atoms. The van der Waals surface area contributed by atoms with E-state index in [9.17, 15) is 14.4 Å². The van der Waals surface area contributed by atoms with E-state index in [0.717, 1.165) is 5.56 Å². The molecule has 0 saturated carbocycles. The quantitative estimate of drug-likeness (QED) is 0.184. The zero-order valence-electron chi connectivity index (χ0n) is 32.1. The number of nitrogens with one attached hydrogen (secondary N) is 1. The normalized spacial score (nSPS) is 14.9. The first kappa shape index (κ1) is 40.4. The number of hydrogen-bond donors (Lipinski definition) is 1. The molecule has 0 radical (unpaired) electrons. The van der Waals surface area contributed by atoms with E-state index in [-0.39, 0.29) is 54.2 Å². The van der Waals surface area contributed by atoms with Crippen LogP contribution < -0.4 is 15.0 Å². The second-order valence-corrected chi connectivity index (χ2v) is 17.0. The average Bonchev–Trinajstić information content (AvgIpc) is 3.30. The molecule has 0 fully saturated rings. The maximum absolute atomic E-state index is 16.8. The van der Waals surface area contributed by atoms with Crippen LogP contribution in [0.1, 0.15) is 101 Å². The molecule has 0 saturated heterocycles. The van der Waals surface area contributed by atoms with Crippen LogP contribution in [0.4, 0.5) is 25.4 Å². The van der Waals surface area contributed by atoms with Crippen LogP contribution in [-0.4, -0.2) is 72.1 Å². The lowest BCUT2D eigenvalue weighted by Crippen LogP contribution is -2.50. The number of rotatable bonds is 11. The zero-order chi connectivity index (χ0) is 37.7. The van der Waals surface area contributed by atoms with Gasteiger partial charge < -0.3 is 29.2 Å². The highest BCUT2D eigenvalue weighted by Crippen LogP contribution is 2.44. The van der Waals surface area contributed by atoms with Crippen LogP contribution in [-0.2, 0) is 31.8 Å². The molecular formula is C39H58FN3O7. The molecule has 2 aromatic carbocycles. The first-order chi connectivity index (χ1) is 22.9. The van der Waals surface area contributed by atoms with Gasteiger partial charge in [-0.3, -0.25) is 9.69 Å². The van der Waals surface area contributed by atoms with Gasteiger partial charge in [0, 0.05) is 37.6 Å². The third-order valence-electron chi connectivity index (χ3n) is 7.50. The smallest absolute Gasteiger partial charge is 0.415 e. The van der Waals surface area contributed by atoms with E-state index in [0.29, 0.717) is 19.4 Å². The number of hydrogen-bond acceptors (Lipinski definition) is 8. The Hall–Kier alpha value is -4.02. The van der Waals surface area contributed by atoms with Gasteiger partial charge in [0.15, 0.2) is 5.82 Å². The fourth-order valence-corrected chi connectivity index (χ4v) is 5.34. The van der Waals surface area contributed by atoms with Crippen molar-refractivity contribution in [1.29, 1.82) is 0 Å². The monoisotopic (exact) mass is 699 g/mol. The largest absolute Gasteiger partial charge is 0.491 e. The lowest BCUT2D eigenvalue weighted by atomic mass is 9.92. The van der Waals surface area contributed by atoms with Gasteiger partial charge in [-0.25, -0.2) is 14.0 Å². The third kappa shape index (κ3) is 12.7. The van der Waals surface area contributed by atoms with Crippen molar-refractivity contribution in [3.8, 4) is 5.75 Å². The minimum Gasteiger partial charge on any atom is -0.491 e. The number of benzene rings is 2. The van der Waals surface area contributed by atoms with Crippen molar-refractivity contribution >= 4 is 29.5 Å². The molecule has 50 heavy (non-hydrogen) atoms. The van der Waals surface area contributed by atoms with Crippen molar-refractivity contribution in [3.05, 3.63) is 53.3 Å². The lowest BCUT2D eigenvalue weighted by Gasteiger charge is -2.34. The fourth-order valence-electron chi connectivity index (χ4n) is 5.34. The minimum atomic E-state index is -0.843. The second kappa shape index (κ2) is 15.9. The van der Waals surface area contributed by atoms with E-state index in [1.807, 2.05) is 30.3 Å². The van der Waals surface area contributed by atoms with E-state index >= 15 is 4.39 Å². The Morgan fingerprint density at radius 2 is 1.48 bits per heavy atom. The van der Waals surface area contributed by atoms with Crippen molar-refractivity contribution < 1.29 is 37.7 Å². The van der Waals surface area contributed by atoms with E-state index in [1.54, 1.807) is 73.3 Å². The number of ether oxygens (including phenoxy) is 4. The predicted octanol–water partition coefficient (Wildman–Crippen LogP) is 8.54.